The second-order valence-electron chi connectivity index (χ2n) is 4.69. The van der Waals surface area contributed by atoms with Gasteiger partial charge in [0.05, 0.1) is 12.2 Å². The highest BCUT2D eigenvalue weighted by Gasteiger charge is 2.09. The average Bonchev–Trinajstić information content (AvgIpc) is 2.58. The number of aliphatic hydroxyl groups is 1. The lowest BCUT2D eigenvalue weighted by atomic mass is 10.1. The van der Waals surface area contributed by atoms with Crippen LogP contribution in [0.3, 0.4) is 0 Å². The predicted molar refractivity (Wildman–Crippen MR) is 80.9 cm³/mol. The lowest BCUT2D eigenvalue weighted by Gasteiger charge is -2.07. The first kappa shape index (κ1) is 15.7. The SMILES string of the molecule is O=C(COC(=O)c1ccc(CO)cc1)NCc1ccccc1. The minimum absolute atomic E-state index is 0.0861. The minimum atomic E-state index is -0.570. The third-order valence-corrected chi connectivity index (χ3v) is 3.04. The van der Waals surface area contributed by atoms with Gasteiger partial charge in [0.1, 0.15) is 0 Å². The molecule has 2 aromatic carbocycles. The Bertz CT molecular complexity index is 623. The van der Waals surface area contributed by atoms with Gasteiger partial charge in [0.2, 0.25) is 0 Å². The van der Waals surface area contributed by atoms with Gasteiger partial charge in [-0.1, -0.05) is 42.5 Å². The summed E-state index contributed by atoms with van der Waals surface area (Å²) in [7, 11) is 0. The van der Waals surface area contributed by atoms with Crippen molar-refractivity contribution < 1.29 is 19.4 Å². The summed E-state index contributed by atoms with van der Waals surface area (Å²) in [6.07, 6.45) is 0. The molecule has 0 radical (unpaired) electrons. The Kier molecular flexibility index (Phi) is 5.68. The van der Waals surface area contributed by atoms with Gasteiger partial charge in [0.15, 0.2) is 6.61 Å². The summed E-state index contributed by atoms with van der Waals surface area (Å²) in [4.78, 5) is 23.4. The van der Waals surface area contributed by atoms with E-state index in [2.05, 4.69) is 5.32 Å². The summed E-state index contributed by atoms with van der Waals surface area (Å²) in [5.74, 6) is -0.927. The smallest absolute Gasteiger partial charge is 0.338 e. The molecule has 0 heterocycles. The monoisotopic (exact) mass is 299 g/mol. The highest BCUT2D eigenvalue weighted by atomic mass is 16.5. The molecule has 0 spiro atoms. The number of hydrogen-bond donors (Lipinski definition) is 2. The number of hydrogen-bond acceptors (Lipinski definition) is 4. The molecule has 0 aliphatic rings. The summed E-state index contributed by atoms with van der Waals surface area (Å²) in [5, 5.41) is 11.6. The second-order valence-corrected chi connectivity index (χ2v) is 4.69. The molecule has 2 rings (SSSR count). The van der Waals surface area contributed by atoms with Gasteiger partial charge in [-0.2, -0.15) is 0 Å². The molecule has 2 N–H and O–H groups in total. The van der Waals surface area contributed by atoms with Crippen LogP contribution in [0.4, 0.5) is 0 Å². The molecule has 22 heavy (non-hydrogen) atoms. The zero-order valence-electron chi connectivity index (χ0n) is 12.0. The molecule has 0 aliphatic carbocycles. The Morgan fingerprint density at radius 2 is 1.64 bits per heavy atom. The fourth-order valence-electron chi connectivity index (χ4n) is 1.81. The lowest BCUT2D eigenvalue weighted by molar-refractivity contribution is -0.124. The molecular weight excluding hydrogens is 282 g/mol. The highest BCUT2D eigenvalue weighted by Crippen LogP contribution is 2.06. The Labute approximate surface area is 128 Å². The summed E-state index contributed by atoms with van der Waals surface area (Å²) >= 11 is 0. The molecule has 5 nitrogen and oxygen atoms in total. The molecule has 2 aromatic rings. The standard InChI is InChI=1S/C17H17NO4/c19-11-14-6-8-15(9-7-14)17(21)22-12-16(20)18-10-13-4-2-1-3-5-13/h1-9,19H,10-12H2,(H,18,20). The number of nitrogens with one attached hydrogen (secondary N) is 1. The Morgan fingerprint density at radius 1 is 0.955 bits per heavy atom. The van der Waals surface area contributed by atoms with E-state index in [0.29, 0.717) is 17.7 Å². The van der Waals surface area contributed by atoms with E-state index < -0.39 is 5.97 Å². The normalized spacial score (nSPS) is 10.0. The molecule has 1 amide bonds. The van der Waals surface area contributed by atoms with E-state index in [1.807, 2.05) is 30.3 Å². The molecular formula is C17H17NO4. The van der Waals surface area contributed by atoms with E-state index in [1.165, 1.54) is 0 Å². The molecule has 114 valence electrons. The molecule has 0 fully saturated rings. The van der Waals surface area contributed by atoms with Gasteiger partial charge in [-0.05, 0) is 23.3 Å². The number of carbonyl (C=O) groups is 2. The van der Waals surface area contributed by atoms with E-state index in [9.17, 15) is 9.59 Å². The van der Waals surface area contributed by atoms with Crippen molar-refractivity contribution in [1.29, 1.82) is 0 Å². The van der Waals surface area contributed by atoms with Crippen LogP contribution in [0.5, 0.6) is 0 Å². The van der Waals surface area contributed by atoms with Crippen molar-refractivity contribution in [2.24, 2.45) is 0 Å². The maximum Gasteiger partial charge on any atom is 0.338 e. The predicted octanol–water partition coefficient (Wildman–Crippen LogP) is 1.65. The van der Waals surface area contributed by atoms with Crippen molar-refractivity contribution in [2.75, 3.05) is 6.61 Å². The molecule has 0 atom stereocenters. The van der Waals surface area contributed by atoms with Gasteiger partial charge < -0.3 is 15.2 Å². The molecule has 0 unspecified atom stereocenters. The molecule has 0 saturated heterocycles. The lowest BCUT2D eigenvalue weighted by Crippen LogP contribution is -2.28. The van der Waals surface area contributed by atoms with Crippen LogP contribution in [0, 0.1) is 0 Å². The zero-order chi connectivity index (χ0) is 15.8. The minimum Gasteiger partial charge on any atom is -0.452 e. The third-order valence-electron chi connectivity index (χ3n) is 3.04. The summed E-state index contributed by atoms with van der Waals surface area (Å²) in [5.41, 5.74) is 2.02. The summed E-state index contributed by atoms with van der Waals surface area (Å²) < 4.78 is 4.94. The van der Waals surface area contributed by atoms with Gasteiger partial charge in [0, 0.05) is 6.54 Å². The first-order valence-corrected chi connectivity index (χ1v) is 6.86. The van der Waals surface area contributed by atoms with Crippen molar-refractivity contribution in [2.45, 2.75) is 13.2 Å². The van der Waals surface area contributed by atoms with Crippen molar-refractivity contribution >= 4 is 11.9 Å². The summed E-state index contributed by atoms with van der Waals surface area (Å²) in [6, 6.07) is 15.8. The van der Waals surface area contributed by atoms with Crippen LogP contribution in [-0.2, 0) is 22.7 Å². The first-order valence-electron chi connectivity index (χ1n) is 6.86. The number of carbonyl (C=O) groups excluding carboxylic acids is 2. The number of esters is 1. The molecule has 0 aliphatic heterocycles. The van der Waals surface area contributed by atoms with Gasteiger partial charge in [-0.3, -0.25) is 4.79 Å². The van der Waals surface area contributed by atoms with Gasteiger partial charge in [0.25, 0.3) is 5.91 Å². The average molecular weight is 299 g/mol. The molecule has 0 aromatic heterocycles. The van der Waals surface area contributed by atoms with Crippen molar-refractivity contribution in [1.82, 2.24) is 5.32 Å². The van der Waals surface area contributed by atoms with Gasteiger partial charge in [-0.25, -0.2) is 4.79 Å². The van der Waals surface area contributed by atoms with Crippen molar-refractivity contribution in [3.63, 3.8) is 0 Å². The van der Waals surface area contributed by atoms with E-state index in [4.69, 9.17) is 9.84 Å². The van der Waals surface area contributed by atoms with E-state index in [-0.39, 0.29) is 19.1 Å². The number of benzene rings is 2. The van der Waals surface area contributed by atoms with Crippen LogP contribution >= 0.6 is 0 Å². The zero-order valence-corrected chi connectivity index (χ0v) is 12.0. The summed E-state index contributed by atoms with van der Waals surface area (Å²) in [6.45, 7) is -0.0208. The number of aliphatic hydroxyl groups excluding tert-OH is 1. The van der Waals surface area contributed by atoms with Gasteiger partial charge in [-0.15, -0.1) is 0 Å². The van der Waals surface area contributed by atoms with Crippen LogP contribution < -0.4 is 5.32 Å². The number of ether oxygens (including phenoxy) is 1. The fourth-order valence-corrected chi connectivity index (χ4v) is 1.81. The maximum atomic E-state index is 11.8. The molecule has 0 bridgehead atoms. The van der Waals surface area contributed by atoms with Gasteiger partial charge >= 0.3 is 5.97 Å². The largest absolute Gasteiger partial charge is 0.452 e. The van der Waals surface area contributed by atoms with Crippen LogP contribution in [-0.4, -0.2) is 23.6 Å². The number of amides is 1. The molecule has 5 heteroatoms. The number of rotatable bonds is 6. The van der Waals surface area contributed by atoms with Crippen LogP contribution in [0.15, 0.2) is 54.6 Å². The topological polar surface area (TPSA) is 75.6 Å². The third kappa shape index (κ3) is 4.71. The fraction of sp³-hybridized carbons (Fsp3) is 0.176. The van der Waals surface area contributed by atoms with Crippen molar-refractivity contribution in [3.05, 3.63) is 71.3 Å². The van der Waals surface area contributed by atoms with E-state index in [0.717, 1.165) is 5.56 Å². The highest BCUT2D eigenvalue weighted by molar-refractivity contribution is 5.91. The quantitative estimate of drug-likeness (QED) is 0.795. The van der Waals surface area contributed by atoms with E-state index in [1.54, 1.807) is 24.3 Å². The first-order chi connectivity index (χ1) is 10.7. The van der Waals surface area contributed by atoms with Crippen LogP contribution in [0.2, 0.25) is 0 Å². The Balaban J connectivity index is 1.76. The second kappa shape index (κ2) is 7.95. The molecule has 0 saturated carbocycles. The Morgan fingerprint density at radius 3 is 2.27 bits per heavy atom. The van der Waals surface area contributed by atoms with E-state index >= 15 is 0 Å². The maximum absolute atomic E-state index is 11.8. The van der Waals surface area contributed by atoms with Crippen LogP contribution in [0.1, 0.15) is 21.5 Å². The van der Waals surface area contributed by atoms with Crippen molar-refractivity contribution in [3.8, 4) is 0 Å². The Hall–Kier alpha value is -2.66. The van der Waals surface area contributed by atoms with Crippen LogP contribution in [0.25, 0.3) is 0 Å².